The number of nitrogens with zero attached hydrogens (tertiary/aromatic N) is 1. The van der Waals surface area contributed by atoms with Gasteiger partial charge in [-0.25, -0.2) is 8.42 Å². The first kappa shape index (κ1) is 17.2. The van der Waals surface area contributed by atoms with Crippen molar-refractivity contribution in [1.82, 2.24) is 4.31 Å². The molecule has 2 unspecified atom stereocenters. The second-order valence-corrected chi connectivity index (χ2v) is 9.51. The Morgan fingerprint density at radius 1 is 1.08 bits per heavy atom. The van der Waals surface area contributed by atoms with Crippen molar-refractivity contribution < 1.29 is 17.9 Å². The molecule has 4 atom stereocenters. The lowest BCUT2D eigenvalue weighted by atomic mass is 9.82. The zero-order valence-corrected chi connectivity index (χ0v) is 15.2. The second-order valence-electron chi connectivity index (χ2n) is 7.41. The molecule has 0 bridgehead atoms. The molecule has 1 heterocycles. The molecule has 3 fully saturated rings. The van der Waals surface area contributed by atoms with Crippen molar-refractivity contribution in [3.63, 3.8) is 0 Å². The van der Waals surface area contributed by atoms with Crippen LogP contribution in [0.2, 0.25) is 0 Å². The molecule has 1 aromatic carbocycles. The van der Waals surface area contributed by atoms with Crippen LogP contribution < -0.4 is 0 Å². The summed E-state index contributed by atoms with van der Waals surface area (Å²) in [5.74, 6) is 0.0897. The van der Waals surface area contributed by atoms with E-state index in [9.17, 15) is 13.2 Å². The van der Waals surface area contributed by atoms with Crippen LogP contribution in [0.25, 0.3) is 0 Å². The summed E-state index contributed by atoms with van der Waals surface area (Å²) in [5, 5.41) is -0.353. The van der Waals surface area contributed by atoms with E-state index in [1.807, 2.05) is 30.3 Å². The van der Waals surface area contributed by atoms with Crippen molar-refractivity contribution in [3.8, 4) is 0 Å². The lowest BCUT2D eigenvalue weighted by Crippen LogP contribution is -2.55. The fraction of sp³-hybridized carbons (Fsp3) is 0.632. The first-order valence-electron chi connectivity index (χ1n) is 9.25. The first-order valence-corrected chi connectivity index (χ1v) is 10.8. The standard InChI is InChI=1S/C19H25NO4S/c21-18-9-5-4-8-15(18)17-13-24-11-10-20(17)25(22,23)19-12-16(19)14-6-2-1-3-7-14/h1-3,6-7,15-17,19H,4-5,8-13H2/t15?,16-,17?,19+/m0/s1. The fourth-order valence-corrected chi connectivity index (χ4v) is 6.67. The lowest BCUT2D eigenvalue weighted by molar-refractivity contribution is -0.128. The number of ether oxygens (including phenoxy) is 1. The van der Waals surface area contributed by atoms with Crippen molar-refractivity contribution in [2.24, 2.45) is 5.92 Å². The highest BCUT2D eigenvalue weighted by atomic mass is 32.2. The van der Waals surface area contributed by atoms with Crippen LogP contribution in [0.5, 0.6) is 0 Å². The van der Waals surface area contributed by atoms with Gasteiger partial charge < -0.3 is 4.74 Å². The second kappa shape index (κ2) is 6.82. The number of sulfonamides is 1. The minimum Gasteiger partial charge on any atom is -0.378 e. The monoisotopic (exact) mass is 363 g/mol. The lowest BCUT2D eigenvalue weighted by Gasteiger charge is -2.40. The predicted octanol–water partition coefficient (Wildman–Crippen LogP) is 2.33. The van der Waals surface area contributed by atoms with Crippen LogP contribution in [0, 0.1) is 5.92 Å². The smallest absolute Gasteiger partial charge is 0.218 e. The normalized spacial score (nSPS) is 34.0. The van der Waals surface area contributed by atoms with Gasteiger partial charge in [-0.3, -0.25) is 4.79 Å². The quantitative estimate of drug-likeness (QED) is 0.824. The van der Waals surface area contributed by atoms with E-state index in [4.69, 9.17) is 4.74 Å². The molecule has 0 radical (unpaired) electrons. The van der Waals surface area contributed by atoms with Crippen molar-refractivity contribution in [2.45, 2.75) is 49.3 Å². The molecule has 0 N–H and O–H groups in total. The summed E-state index contributed by atoms with van der Waals surface area (Å²) >= 11 is 0. The average Bonchev–Trinajstić information content (AvgIpc) is 3.45. The number of carbonyl (C=O) groups is 1. The summed E-state index contributed by atoms with van der Waals surface area (Å²) in [6.07, 6.45) is 3.96. The third-order valence-electron chi connectivity index (χ3n) is 5.85. The molecule has 3 aliphatic rings. The third-order valence-corrected chi connectivity index (χ3v) is 8.24. The van der Waals surface area contributed by atoms with Gasteiger partial charge in [0.1, 0.15) is 5.78 Å². The van der Waals surface area contributed by atoms with Gasteiger partial charge in [-0.2, -0.15) is 4.31 Å². The number of rotatable bonds is 4. The summed E-state index contributed by atoms with van der Waals surface area (Å²) in [7, 11) is -3.41. The van der Waals surface area contributed by atoms with Crippen LogP contribution in [0.3, 0.4) is 0 Å². The zero-order chi connectivity index (χ0) is 17.4. The SMILES string of the molecule is O=C1CCCCC1C1COCCN1S(=O)(=O)[C@@H]1C[C@H]1c1ccccc1. The third kappa shape index (κ3) is 3.27. The number of Topliss-reactive ketones (excluding diaryl/α,β-unsaturated/α-hetero) is 1. The van der Waals surface area contributed by atoms with E-state index in [1.54, 1.807) is 4.31 Å². The Balaban J connectivity index is 1.55. The molecule has 0 spiro atoms. The van der Waals surface area contributed by atoms with Gasteiger partial charge in [0.25, 0.3) is 0 Å². The molecule has 1 aliphatic heterocycles. The van der Waals surface area contributed by atoms with E-state index in [1.165, 1.54) is 0 Å². The molecule has 1 saturated heterocycles. The maximum Gasteiger partial charge on any atom is 0.218 e. The molecule has 2 saturated carbocycles. The van der Waals surface area contributed by atoms with Gasteiger partial charge in [-0.05, 0) is 24.8 Å². The molecular weight excluding hydrogens is 338 g/mol. The number of morpholine rings is 1. The van der Waals surface area contributed by atoms with Gasteiger partial charge in [0.15, 0.2) is 0 Å². The number of carbonyl (C=O) groups excluding carboxylic acids is 1. The van der Waals surface area contributed by atoms with Gasteiger partial charge in [0.05, 0.1) is 24.5 Å². The fourth-order valence-electron chi connectivity index (χ4n) is 4.38. The molecule has 136 valence electrons. The molecule has 2 aliphatic carbocycles. The number of ketones is 1. The Bertz CT molecular complexity index is 733. The van der Waals surface area contributed by atoms with Crippen molar-refractivity contribution >= 4 is 15.8 Å². The summed E-state index contributed by atoms with van der Waals surface area (Å²) in [5.41, 5.74) is 1.09. The van der Waals surface area contributed by atoms with E-state index in [2.05, 4.69) is 0 Å². The van der Waals surface area contributed by atoms with Gasteiger partial charge in [-0.1, -0.05) is 36.8 Å². The zero-order valence-electron chi connectivity index (χ0n) is 14.3. The number of benzene rings is 1. The minimum atomic E-state index is -3.41. The first-order chi connectivity index (χ1) is 12.1. The maximum absolute atomic E-state index is 13.3. The Morgan fingerprint density at radius 3 is 2.64 bits per heavy atom. The van der Waals surface area contributed by atoms with Gasteiger partial charge in [0, 0.05) is 24.8 Å². The summed E-state index contributed by atoms with van der Waals surface area (Å²) in [6, 6.07) is 9.54. The Labute approximate surface area is 149 Å². The molecule has 1 aromatic rings. The summed E-state index contributed by atoms with van der Waals surface area (Å²) in [6.45, 7) is 1.13. The van der Waals surface area contributed by atoms with E-state index >= 15 is 0 Å². The molecule has 4 rings (SSSR count). The minimum absolute atomic E-state index is 0.0803. The highest BCUT2D eigenvalue weighted by Crippen LogP contribution is 2.48. The Hall–Kier alpha value is -1.24. The molecule has 5 nitrogen and oxygen atoms in total. The number of hydrogen-bond donors (Lipinski definition) is 0. The van der Waals surface area contributed by atoms with Crippen LogP contribution in [-0.4, -0.2) is 49.6 Å². The van der Waals surface area contributed by atoms with Crippen molar-refractivity contribution in [1.29, 1.82) is 0 Å². The molecular formula is C19H25NO4S. The number of hydrogen-bond acceptors (Lipinski definition) is 4. The van der Waals surface area contributed by atoms with Crippen molar-refractivity contribution in [3.05, 3.63) is 35.9 Å². The molecule has 0 aromatic heterocycles. The summed E-state index contributed by atoms with van der Waals surface area (Å²) in [4.78, 5) is 12.4. The largest absolute Gasteiger partial charge is 0.378 e. The van der Waals surface area contributed by atoms with Crippen LogP contribution in [-0.2, 0) is 19.6 Å². The van der Waals surface area contributed by atoms with E-state index in [-0.39, 0.29) is 28.9 Å². The van der Waals surface area contributed by atoms with Crippen molar-refractivity contribution in [2.75, 3.05) is 19.8 Å². The van der Waals surface area contributed by atoms with E-state index < -0.39 is 10.0 Å². The van der Waals surface area contributed by atoms with Crippen LogP contribution in [0.1, 0.15) is 43.6 Å². The topological polar surface area (TPSA) is 63.7 Å². The highest BCUT2D eigenvalue weighted by Gasteiger charge is 2.53. The Kier molecular flexibility index (Phi) is 4.69. The van der Waals surface area contributed by atoms with Gasteiger partial charge >= 0.3 is 0 Å². The van der Waals surface area contributed by atoms with Crippen LogP contribution >= 0.6 is 0 Å². The predicted molar refractivity (Wildman–Crippen MR) is 94.8 cm³/mol. The van der Waals surface area contributed by atoms with Crippen LogP contribution in [0.15, 0.2) is 30.3 Å². The highest BCUT2D eigenvalue weighted by molar-refractivity contribution is 7.90. The van der Waals surface area contributed by atoms with E-state index in [0.717, 1.165) is 24.8 Å². The molecule has 6 heteroatoms. The van der Waals surface area contributed by atoms with Gasteiger partial charge in [0.2, 0.25) is 10.0 Å². The average molecular weight is 363 g/mol. The van der Waals surface area contributed by atoms with Gasteiger partial charge in [-0.15, -0.1) is 0 Å². The summed E-state index contributed by atoms with van der Waals surface area (Å²) < 4.78 is 33.7. The van der Waals surface area contributed by atoms with E-state index in [0.29, 0.717) is 32.6 Å². The molecule has 25 heavy (non-hydrogen) atoms. The molecule has 0 amide bonds. The van der Waals surface area contributed by atoms with Crippen LogP contribution in [0.4, 0.5) is 0 Å². The Morgan fingerprint density at radius 2 is 1.88 bits per heavy atom. The maximum atomic E-state index is 13.3.